The Morgan fingerprint density at radius 1 is 1.11 bits per heavy atom. The Kier molecular flexibility index (Phi) is 5.70. The van der Waals surface area contributed by atoms with E-state index in [4.69, 9.17) is 11.6 Å². The van der Waals surface area contributed by atoms with Crippen LogP contribution in [-0.4, -0.2) is 50.9 Å². The van der Waals surface area contributed by atoms with Gasteiger partial charge >= 0.3 is 0 Å². The van der Waals surface area contributed by atoms with Gasteiger partial charge in [-0.1, -0.05) is 22.9 Å². The molecule has 0 radical (unpaired) electrons. The van der Waals surface area contributed by atoms with Crippen molar-refractivity contribution in [3.8, 4) is 16.9 Å². The second kappa shape index (κ2) is 8.97. The van der Waals surface area contributed by atoms with E-state index >= 15 is 4.39 Å². The fourth-order valence-corrected chi connectivity index (χ4v) is 5.17. The van der Waals surface area contributed by atoms with Crippen LogP contribution in [0.2, 0.25) is 5.02 Å². The van der Waals surface area contributed by atoms with E-state index in [0.717, 1.165) is 11.9 Å². The Hall–Kier alpha value is -4.20. The van der Waals surface area contributed by atoms with E-state index in [-0.39, 0.29) is 12.1 Å². The largest absolute Gasteiger partial charge is 0.357 e. The number of aliphatic hydroxyl groups excluding tert-OH is 1. The highest BCUT2D eigenvalue weighted by molar-refractivity contribution is 7.92. The van der Waals surface area contributed by atoms with Crippen LogP contribution < -0.4 is 15.4 Å². The Bertz CT molecular complexity index is 1820. The molecule has 0 amide bonds. The van der Waals surface area contributed by atoms with Crippen LogP contribution in [-0.2, 0) is 16.6 Å². The summed E-state index contributed by atoms with van der Waals surface area (Å²) in [5, 5.41) is 28.5. The number of sulfonamides is 1. The zero-order valence-corrected chi connectivity index (χ0v) is 21.3. The predicted molar refractivity (Wildman–Crippen MR) is 142 cm³/mol. The molecule has 0 bridgehead atoms. The summed E-state index contributed by atoms with van der Waals surface area (Å²) in [6.07, 6.45) is 1.74. The summed E-state index contributed by atoms with van der Waals surface area (Å²) in [5.74, 6) is -0.557. The molecule has 0 fully saturated rings. The first-order valence-electron chi connectivity index (χ1n) is 11.3. The van der Waals surface area contributed by atoms with Crippen molar-refractivity contribution in [2.24, 2.45) is 0 Å². The number of halogens is 2. The summed E-state index contributed by atoms with van der Waals surface area (Å²) in [7, 11) is -3.55. The third kappa shape index (κ3) is 4.51. The standard InChI is InChI=1S/C24H20ClFN8O3S/c1-38(36,37)31-19-10-15(25)3-2-13(19)12-33-21(6-7-27-33)14-8-17(26)23-22(9-14)34(32-30-23)16-4-5-18-20(11-16)29-24(35)28-18/h2-11,24,28-29,31,35H,12H2,1H3. The van der Waals surface area contributed by atoms with Crippen molar-refractivity contribution in [1.82, 2.24) is 24.8 Å². The van der Waals surface area contributed by atoms with Gasteiger partial charge in [0.1, 0.15) is 5.52 Å². The first-order chi connectivity index (χ1) is 18.1. The van der Waals surface area contributed by atoms with Gasteiger partial charge in [-0.25, -0.2) is 17.5 Å². The van der Waals surface area contributed by atoms with Crippen molar-refractivity contribution in [3.05, 3.63) is 77.2 Å². The van der Waals surface area contributed by atoms with E-state index in [1.807, 2.05) is 0 Å². The lowest BCUT2D eigenvalue weighted by atomic mass is 10.1. The van der Waals surface area contributed by atoms with Crippen LogP contribution in [0.1, 0.15) is 5.56 Å². The molecule has 0 saturated heterocycles. The third-order valence-electron chi connectivity index (χ3n) is 6.04. The summed E-state index contributed by atoms with van der Waals surface area (Å²) in [6, 6.07) is 15.1. The zero-order valence-electron chi connectivity index (χ0n) is 19.7. The van der Waals surface area contributed by atoms with E-state index in [0.29, 0.717) is 44.4 Å². The maximum absolute atomic E-state index is 15.2. The average Bonchev–Trinajstić information content (AvgIpc) is 3.56. The fraction of sp³-hybridized carbons (Fsp3) is 0.125. The van der Waals surface area contributed by atoms with Crippen molar-refractivity contribution >= 4 is 49.7 Å². The molecule has 1 aliphatic rings. The quantitative estimate of drug-likeness (QED) is 0.250. The number of rotatable bonds is 6. The van der Waals surface area contributed by atoms with Gasteiger partial charge in [0.15, 0.2) is 5.82 Å². The predicted octanol–water partition coefficient (Wildman–Crippen LogP) is 3.61. The number of nitrogens with zero attached hydrogens (tertiary/aromatic N) is 5. The maximum Gasteiger partial charge on any atom is 0.229 e. The molecule has 3 heterocycles. The minimum Gasteiger partial charge on any atom is -0.357 e. The van der Waals surface area contributed by atoms with Crippen LogP contribution in [0.5, 0.6) is 0 Å². The molecule has 1 aliphatic heterocycles. The minimum absolute atomic E-state index is 0.101. The molecule has 0 spiro atoms. The fourth-order valence-electron chi connectivity index (χ4n) is 4.41. The summed E-state index contributed by atoms with van der Waals surface area (Å²) in [5.41, 5.74) is 4.64. The summed E-state index contributed by atoms with van der Waals surface area (Å²) in [4.78, 5) is 0. The van der Waals surface area contributed by atoms with Crippen LogP contribution in [0.3, 0.4) is 0 Å². The SMILES string of the molecule is CS(=O)(=O)Nc1cc(Cl)ccc1Cn1nccc1-c1cc(F)c2nnn(-c3ccc4c(c3)NC(O)N4)c2c1. The number of fused-ring (bicyclic) bond motifs is 2. The maximum atomic E-state index is 15.2. The number of anilines is 3. The van der Waals surface area contributed by atoms with Gasteiger partial charge in [0, 0.05) is 16.8 Å². The molecule has 4 N–H and O–H groups in total. The zero-order chi connectivity index (χ0) is 26.6. The summed E-state index contributed by atoms with van der Waals surface area (Å²) >= 11 is 6.09. The Labute approximate surface area is 220 Å². The molecule has 14 heteroatoms. The molecule has 1 unspecified atom stereocenters. The summed E-state index contributed by atoms with van der Waals surface area (Å²) in [6.45, 7) is 0.195. The van der Waals surface area contributed by atoms with Crippen LogP contribution in [0.4, 0.5) is 21.5 Å². The van der Waals surface area contributed by atoms with Gasteiger partial charge in [-0.2, -0.15) is 5.10 Å². The molecule has 2 aromatic heterocycles. The van der Waals surface area contributed by atoms with Crippen LogP contribution in [0.15, 0.2) is 60.8 Å². The molecular formula is C24H20ClFN8O3S. The van der Waals surface area contributed by atoms with Crippen LogP contribution in [0.25, 0.3) is 28.0 Å². The van der Waals surface area contributed by atoms with Gasteiger partial charge in [0.25, 0.3) is 0 Å². The van der Waals surface area contributed by atoms with E-state index in [2.05, 4.69) is 30.8 Å². The molecule has 5 aromatic rings. The lowest BCUT2D eigenvalue weighted by molar-refractivity contribution is 0.238. The van der Waals surface area contributed by atoms with E-state index < -0.39 is 22.2 Å². The van der Waals surface area contributed by atoms with Gasteiger partial charge in [0.2, 0.25) is 16.4 Å². The van der Waals surface area contributed by atoms with Gasteiger partial charge in [-0.15, -0.1) is 5.10 Å². The second-order valence-corrected chi connectivity index (χ2v) is 11.0. The number of aliphatic hydroxyl groups is 1. The smallest absolute Gasteiger partial charge is 0.229 e. The van der Waals surface area contributed by atoms with Gasteiger partial charge < -0.3 is 15.7 Å². The number of hydrogen-bond acceptors (Lipinski definition) is 8. The molecule has 3 aromatic carbocycles. The average molecular weight is 555 g/mol. The highest BCUT2D eigenvalue weighted by Crippen LogP contribution is 2.33. The molecule has 0 aliphatic carbocycles. The van der Waals surface area contributed by atoms with Crippen molar-refractivity contribution < 1.29 is 17.9 Å². The molecule has 38 heavy (non-hydrogen) atoms. The van der Waals surface area contributed by atoms with Crippen LogP contribution in [0, 0.1) is 5.82 Å². The van der Waals surface area contributed by atoms with E-state index in [1.54, 1.807) is 53.3 Å². The number of benzene rings is 3. The minimum atomic E-state index is -3.55. The van der Waals surface area contributed by atoms with Gasteiger partial charge in [-0.05, 0) is 54.1 Å². The second-order valence-electron chi connectivity index (χ2n) is 8.80. The Morgan fingerprint density at radius 2 is 1.92 bits per heavy atom. The molecule has 6 rings (SSSR count). The monoisotopic (exact) mass is 554 g/mol. The van der Waals surface area contributed by atoms with Gasteiger partial charge in [-0.3, -0.25) is 9.40 Å². The lowest BCUT2D eigenvalue weighted by Crippen LogP contribution is -2.20. The molecule has 11 nitrogen and oxygen atoms in total. The van der Waals surface area contributed by atoms with Gasteiger partial charge in [0.05, 0.1) is 46.8 Å². The topological polar surface area (TPSA) is 139 Å². The number of aromatic nitrogens is 5. The third-order valence-corrected chi connectivity index (χ3v) is 6.86. The summed E-state index contributed by atoms with van der Waals surface area (Å²) < 4.78 is 44.6. The highest BCUT2D eigenvalue weighted by Gasteiger charge is 2.20. The van der Waals surface area contributed by atoms with Crippen LogP contribution >= 0.6 is 11.6 Å². The highest BCUT2D eigenvalue weighted by atomic mass is 35.5. The lowest BCUT2D eigenvalue weighted by Gasteiger charge is -2.14. The van der Waals surface area contributed by atoms with E-state index in [1.165, 1.54) is 16.8 Å². The van der Waals surface area contributed by atoms with Crippen molar-refractivity contribution in [3.63, 3.8) is 0 Å². The number of hydrogen-bond donors (Lipinski definition) is 4. The molecule has 194 valence electrons. The van der Waals surface area contributed by atoms with Crippen molar-refractivity contribution in [2.75, 3.05) is 21.6 Å². The molecular weight excluding hydrogens is 535 g/mol. The van der Waals surface area contributed by atoms with E-state index in [9.17, 15) is 13.5 Å². The molecule has 0 saturated carbocycles. The first-order valence-corrected chi connectivity index (χ1v) is 13.6. The Morgan fingerprint density at radius 3 is 2.74 bits per heavy atom. The Balaban J connectivity index is 1.40. The molecule has 1 atom stereocenters. The van der Waals surface area contributed by atoms with Crippen molar-refractivity contribution in [2.45, 2.75) is 12.9 Å². The normalized spacial score (nSPS) is 14.8. The van der Waals surface area contributed by atoms with Crippen molar-refractivity contribution in [1.29, 1.82) is 0 Å². The first kappa shape index (κ1) is 24.2. The number of nitrogens with one attached hydrogen (secondary N) is 3.